The van der Waals surface area contributed by atoms with Gasteiger partial charge in [0.1, 0.15) is 16.4 Å². The summed E-state index contributed by atoms with van der Waals surface area (Å²) in [6.07, 6.45) is 8.71. The van der Waals surface area contributed by atoms with Crippen LogP contribution in [0.25, 0.3) is 11.3 Å². The van der Waals surface area contributed by atoms with Gasteiger partial charge in [-0.1, -0.05) is 41.6 Å². The van der Waals surface area contributed by atoms with Crippen LogP contribution in [-0.2, 0) is 6.42 Å². The number of halogens is 1. The molecule has 1 saturated carbocycles. The van der Waals surface area contributed by atoms with Gasteiger partial charge >= 0.3 is 0 Å². The van der Waals surface area contributed by atoms with Gasteiger partial charge in [-0.15, -0.1) is 0 Å². The van der Waals surface area contributed by atoms with Gasteiger partial charge in [-0.05, 0) is 37.3 Å². The maximum Gasteiger partial charge on any atom is 0.206 e. The van der Waals surface area contributed by atoms with Gasteiger partial charge in [-0.2, -0.15) is 4.98 Å². The number of pyridine rings is 1. The highest BCUT2D eigenvalue weighted by Crippen LogP contribution is 2.47. The fourth-order valence-corrected chi connectivity index (χ4v) is 6.38. The normalized spacial score (nSPS) is 20.6. The molecule has 0 unspecified atom stereocenters. The molecule has 3 aromatic heterocycles. The standard InChI is InChI=1S/C26H26ClN7OS/c27-21-17(13-15-5-6-15)29-10-7-19(21)36-20-14-30-23-24(31-20)33-25(32-23)34-11-8-26(9-12-34)22(28)16-3-1-2-4-18(16)35-26/h1-4,7,10,14-15,22H,5-6,8-9,11-13,28H2,(H,30,31,32,33)/t22-/m1/s1. The summed E-state index contributed by atoms with van der Waals surface area (Å²) in [5.74, 6) is 2.42. The SMILES string of the molecule is N[C@@H]1c2ccccc2OC12CCN(c1nc3ncc(Sc4ccnc(CC5CC5)c4Cl)nc3[nH]1)CC2. The number of nitrogens with one attached hydrogen (secondary N) is 1. The van der Waals surface area contributed by atoms with E-state index in [-0.39, 0.29) is 11.6 Å². The maximum absolute atomic E-state index is 6.67. The van der Waals surface area contributed by atoms with Crippen LogP contribution in [-0.4, -0.2) is 43.6 Å². The van der Waals surface area contributed by atoms with Gasteiger partial charge < -0.3 is 20.4 Å². The second kappa shape index (κ2) is 8.61. The predicted octanol–water partition coefficient (Wildman–Crippen LogP) is 4.94. The zero-order valence-corrected chi connectivity index (χ0v) is 21.2. The number of imidazole rings is 1. The molecule has 1 atom stereocenters. The quantitative estimate of drug-likeness (QED) is 0.382. The van der Waals surface area contributed by atoms with E-state index in [1.165, 1.54) is 24.6 Å². The number of ether oxygens (including phenoxy) is 1. The molecule has 4 aromatic rings. The van der Waals surface area contributed by atoms with Crippen LogP contribution >= 0.6 is 23.4 Å². The van der Waals surface area contributed by atoms with Crippen LogP contribution in [0.15, 0.2) is 52.6 Å². The highest BCUT2D eigenvalue weighted by molar-refractivity contribution is 7.99. The minimum atomic E-state index is -0.352. The molecule has 1 saturated heterocycles. The molecule has 8 nitrogen and oxygen atoms in total. The number of para-hydroxylation sites is 1. The van der Waals surface area contributed by atoms with Crippen molar-refractivity contribution in [1.29, 1.82) is 0 Å². The van der Waals surface area contributed by atoms with E-state index in [2.05, 4.69) is 25.9 Å². The minimum absolute atomic E-state index is 0.112. The van der Waals surface area contributed by atoms with Gasteiger partial charge in [0.2, 0.25) is 5.95 Å². The fraction of sp³-hybridized carbons (Fsp3) is 0.385. The van der Waals surface area contributed by atoms with Crippen LogP contribution < -0.4 is 15.4 Å². The summed E-state index contributed by atoms with van der Waals surface area (Å²) in [6.45, 7) is 1.58. The van der Waals surface area contributed by atoms with Crippen molar-refractivity contribution in [2.75, 3.05) is 18.0 Å². The number of H-pyrrole nitrogens is 1. The lowest BCUT2D eigenvalue weighted by molar-refractivity contribution is 0.0430. The molecule has 10 heteroatoms. The molecule has 1 aromatic carbocycles. The Hall–Kier alpha value is -2.88. The molecule has 1 aliphatic carbocycles. The Morgan fingerprint density at radius 1 is 1.14 bits per heavy atom. The lowest BCUT2D eigenvalue weighted by Gasteiger charge is -2.40. The van der Waals surface area contributed by atoms with Gasteiger partial charge in [-0.3, -0.25) is 4.98 Å². The van der Waals surface area contributed by atoms with Crippen molar-refractivity contribution in [3.05, 3.63) is 59.0 Å². The molecule has 0 radical (unpaired) electrons. The van der Waals surface area contributed by atoms with Crippen molar-refractivity contribution in [3.63, 3.8) is 0 Å². The van der Waals surface area contributed by atoms with Gasteiger partial charge in [0, 0.05) is 42.6 Å². The van der Waals surface area contributed by atoms with Gasteiger partial charge in [0.15, 0.2) is 11.3 Å². The number of aromatic amines is 1. The molecule has 3 aliphatic rings. The maximum atomic E-state index is 6.67. The number of nitrogens with two attached hydrogens (primary N) is 1. The Morgan fingerprint density at radius 2 is 1.97 bits per heavy atom. The van der Waals surface area contributed by atoms with Gasteiger partial charge in [0.25, 0.3) is 0 Å². The molecule has 36 heavy (non-hydrogen) atoms. The number of hydrogen-bond donors (Lipinski definition) is 2. The molecule has 2 fully saturated rings. The summed E-state index contributed by atoms with van der Waals surface area (Å²) >= 11 is 8.17. The third kappa shape index (κ3) is 3.90. The number of benzene rings is 1. The van der Waals surface area contributed by atoms with Crippen LogP contribution in [0.5, 0.6) is 5.75 Å². The lowest BCUT2D eigenvalue weighted by atomic mass is 9.83. The zero-order chi connectivity index (χ0) is 24.3. The van der Waals surface area contributed by atoms with Gasteiger partial charge in [0.05, 0.1) is 23.0 Å². The number of aromatic nitrogens is 5. The van der Waals surface area contributed by atoms with Crippen LogP contribution in [0, 0.1) is 5.92 Å². The largest absolute Gasteiger partial charge is 0.485 e. The summed E-state index contributed by atoms with van der Waals surface area (Å²) in [5.41, 5.74) is 9.61. The average molecular weight is 520 g/mol. The monoisotopic (exact) mass is 519 g/mol. The van der Waals surface area contributed by atoms with Gasteiger partial charge in [-0.25, -0.2) is 9.97 Å². The van der Waals surface area contributed by atoms with E-state index in [1.807, 2.05) is 30.5 Å². The number of nitrogens with zero attached hydrogens (tertiary/aromatic N) is 5. The minimum Gasteiger partial charge on any atom is -0.485 e. The summed E-state index contributed by atoms with van der Waals surface area (Å²) < 4.78 is 6.38. The first kappa shape index (κ1) is 22.3. The number of rotatable bonds is 5. The first-order valence-corrected chi connectivity index (χ1v) is 13.6. The number of piperidine rings is 1. The Balaban J connectivity index is 1.07. The van der Waals surface area contributed by atoms with E-state index in [9.17, 15) is 0 Å². The fourth-order valence-electron chi connectivity index (χ4n) is 5.27. The van der Waals surface area contributed by atoms with E-state index in [1.54, 1.807) is 6.20 Å². The molecular formula is C26H26ClN7OS. The Morgan fingerprint density at radius 3 is 2.78 bits per heavy atom. The van der Waals surface area contributed by atoms with Crippen LogP contribution in [0.1, 0.15) is 43.0 Å². The van der Waals surface area contributed by atoms with Crippen LogP contribution in [0.4, 0.5) is 5.95 Å². The molecule has 3 N–H and O–H groups in total. The van der Waals surface area contributed by atoms with Crippen molar-refractivity contribution in [3.8, 4) is 5.75 Å². The Labute approximate surface area is 218 Å². The second-order valence-corrected chi connectivity index (χ2v) is 11.4. The third-order valence-corrected chi connectivity index (χ3v) is 9.04. The second-order valence-electron chi connectivity index (χ2n) is 9.93. The molecule has 2 aliphatic heterocycles. The summed E-state index contributed by atoms with van der Waals surface area (Å²) in [7, 11) is 0. The summed E-state index contributed by atoms with van der Waals surface area (Å²) in [4.78, 5) is 25.1. The van der Waals surface area contributed by atoms with E-state index < -0.39 is 0 Å². The van der Waals surface area contributed by atoms with Crippen molar-refractivity contribution < 1.29 is 4.74 Å². The third-order valence-electron chi connectivity index (χ3n) is 7.54. The predicted molar refractivity (Wildman–Crippen MR) is 140 cm³/mol. The summed E-state index contributed by atoms with van der Waals surface area (Å²) in [6, 6.07) is 9.92. The number of fused-ring (bicyclic) bond motifs is 2. The molecule has 1 spiro atoms. The van der Waals surface area contributed by atoms with E-state index in [4.69, 9.17) is 32.0 Å². The molecule has 5 heterocycles. The Kier molecular flexibility index (Phi) is 5.34. The van der Waals surface area contributed by atoms with E-state index in [0.717, 1.165) is 76.2 Å². The van der Waals surface area contributed by atoms with E-state index >= 15 is 0 Å². The van der Waals surface area contributed by atoms with Crippen molar-refractivity contribution >= 4 is 40.6 Å². The first-order valence-electron chi connectivity index (χ1n) is 12.4. The highest BCUT2D eigenvalue weighted by Gasteiger charge is 2.48. The number of anilines is 1. The van der Waals surface area contributed by atoms with Crippen molar-refractivity contribution in [1.82, 2.24) is 24.9 Å². The first-order chi connectivity index (χ1) is 17.6. The van der Waals surface area contributed by atoms with Crippen molar-refractivity contribution in [2.45, 2.75) is 53.7 Å². The van der Waals surface area contributed by atoms with Crippen molar-refractivity contribution in [2.24, 2.45) is 11.7 Å². The molecule has 0 bridgehead atoms. The van der Waals surface area contributed by atoms with Crippen LogP contribution in [0.3, 0.4) is 0 Å². The molecule has 0 amide bonds. The molecular weight excluding hydrogens is 494 g/mol. The smallest absolute Gasteiger partial charge is 0.206 e. The molecule has 7 rings (SSSR count). The average Bonchev–Trinajstić information content (AvgIpc) is 3.55. The summed E-state index contributed by atoms with van der Waals surface area (Å²) in [5, 5.41) is 1.49. The zero-order valence-electron chi connectivity index (χ0n) is 19.7. The van der Waals surface area contributed by atoms with E-state index in [0.29, 0.717) is 11.3 Å². The topological polar surface area (TPSA) is 106 Å². The Bertz CT molecular complexity index is 1450. The number of hydrogen-bond acceptors (Lipinski definition) is 8. The lowest BCUT2D eigenvalue weighted by Crippen LogP contribution is -2.51. The highest BCUT2D eigenvalue weighted by atomic mass is 35.5. The molecule has 184 valence electrons. The van der Waals surface area contributed by atoms with Crippen LogP contribution in [0.2, 0.25) is 5.02 Å².